The number of rotatable bonds is 13. The number of para-hydroxylation sites is 1. The zero-order chi connectivity index (χ0) is 26.7. The van der Waals surface area contributed by atoms with Crippen LogP contribution in [0.25, 0.3) is 0 Å². The molecule has 0 saturated heterocycles. The number of pyridine rings is 1. The number of nitrogens with one attached hydrogen (secondary N) is 1. The maximum Gasteiger partial charge on any atom is 0.328 e. The first-order valence-electron chi connectivity index (χ1n) is 11.6. The second-order valence-corrected chi connectivity index (χ2v) is 8.53. The van der Waals surface area contributed by atoms with Gasteiger partial charge in [0.05, 0.1) is 7.11 Å². The highest BCUT2D eigenvalue weighted by molar-refractivity contribution is 5.98. The lowest BCUT2D eigenvalue weighted by molar-refractivity contribution is -0.156. The van der Waals surface area contributed by atoms with Gasteiger partial charge in [-0.05, 0) is 38.3 Å². The third-order valence-electron chi connectivity index (χ3n) is 5.03. The molecule has 0 radical (unpaired) electrons. The number of benzene rings is 1. The highest BCUT2D eigenvalue weighted by Gasteiger charge is 2.29. The van der Waals surface area contributed by atoms with Gasteiger partial charge in [-0.15, -0.1) is 0 Å². The molecule has 1 aromatic heterocycles. The number of aromatic nitrogens is 1. The number of hydrogen-bond donors (Lipinski definition) is 1. The quantitative estimate of drug-likeness (QED) is 0.324. The first-order chi connectivity index (χ1) is 17.1. The van der Waals surface area contributed by atoms with E-state index in [1.54, 1.807) is 0 Å². The summed E-state index contributed by atoms with van der Waals surface area (Å²) in [6.07, 6.45) is 0.987. The van der Waals surface area contributed by atoms with Crippen LogP contribution in [0.1, 0.15) is 51.5 Å². The van der Waals surface area contributed by atoms with E-state index < -0.39 is 42.9 Å². The van der Waals surface area contributed by atoms with Crippen LogP contribution in [-0.2, 0) is 19.1 Å². The van der Waals surface area contributed by atoms with Crippen LogP contribution in [-0.4, -0.2) is 55.0 Å². The fraction of sp³-hybridized carbons (Fsp3) is 0.462. The van der Waals surface area contributed by atoms with Gasteiger partial charge in [0.2, 0.25) is 6.79 Å². The Hall–Kier alpha value is -3.82. The number of methoxy groups -OCH3 is 1. The van der Waals surface area contributed by atoms with Gasteiger partial charge >= 0.3 is 11.9 Å². The maximum atomic E-state index is 12.9. The highest BCUT2D eigenvalue weighted by atomic mass is 16.7. The Morgan fingerprint density at radius 1 is 1.03 bits per heavy atom. The van der Waals surface area contributed by atoms with E-state index in [1.807, 2.05) is 51.1 Å². The van der Waals surface area contributed by atoms with Gasteiger partial charge < -0.3 is 29.0 Å². The number of esters is 2. The van der Waals surface area contributed by atoms with E-state index in [0.717, 1.165) is 0 Å². The number of hydrogen-bond acceptors (Lipinski definition) is 9. The van der Waals surface area contributed by atoms with Crippen molar-refractivity contribution in [1.29, 1.82) is 0 Å². The lowest BCUT2D eigenvalue weighted by atomic mass is 10.0. The summed E-state index contributed by atoms with van der Waals surface area (Å²) in [4.78, 5) is 40.9. The molecular formula is C26H34N2O8. The molecule has 0 bridgehead atoms. The zero-order valence-electron chi connectivity index (χ0n) is 21.5. The van der Waals surface area contributed by atoms with Crippen LogP contribution in [0.5, 0.6) is 17.2 Å². The molecule has 36 heavy (non-hydrogen) atoms. The van der Waals surface area contributed by atoms with Crippen molar-refractivity contribution in [1.82, 2.24) is 10.3 Å². The van der Waals surface area contributed by atoms with Crippen LogP contribution in [0.3, 0.4) is 0 Å². The normalized spacial score (nSPS) is 13.2. The molecule has 0 aliphatic rings. The van der Waals surface area contributed by atoms with Gasteiger partial charge in [0.15, 0.2) is 17.2 Å². The van der Waals surface area contributed by atoms with E-state index >= 15 is 0 Å². The summed E-state index contributed by atoms with van der Waals surface area (Å²) in [6.45, 7) is 8.17. The monoisotopic (exact) mass is 502 g/mol. The minimum Gasteiger partial charge on any atom is -0.493 e. The lowest BCUT2D eigenvalue weighted by Gasteiger charge is -2.27. The number of carbonyl (C=O) groups is 3. The first-order valence-corrected chi connectivity index (χ1v) is 11.6. The molecule has 0 saturated carbocycles. The van der Waals surface area contributed by atoms with Crippen molar-refractivity contribution in [2.45, 2.75) is 59.3 Å². The molecule has 0 aliphatic carbocycles. The molecule has 196 valence electrons. The SMILES string of the molecule is COc1ccnc(C(=O)N[C@@H](C)C(=O)O[C@H](CC(C)C)[C@@H](C)Oc2ccccc2)c1OCOC(C)=O. The van der Waals surface area contributed by atoms with Gasteiger partial charge in [-0.1, -0.05) is 32.0 Å². The van der Waals surface area contributed by atoms with E-state index in [1.165, 1.54) is 33.2 Å². The van der Waals surface area contributed by atoms with Gasteiger partial charge in [0, 0.05) is 19.2 Å². The fourth-order valence-corrected chi connectivity index (χ4v) is 3.23. The van der Waals surface area contributed by atoms with Gasteiger partial charge in [0.25, 0.3) is 5.91 Å². The summed E-state index contributed by atoms with van der Waals surface area (Å²) < 4.78 is 27.1. The summed E-state index contributed by atoms with van der Waals surface area (Å²) in [5.41, 5.74) is -0.138. The molecule has 2 rings (SSSR count). The Labute approximate surface area is 211 Å². The van der Waals surface area contributed by atoms with E-state index in [-0.39, 0.29) is 23.1 Å². The number of nitrogens with zero attached hydrogens (tertiary/aromatic N) is 1. The summed E-state index contributed by atoms with van der Waals surface area (Å²) in [6, 6.07) is 9.76. The molecule has 2 aromatic rings. The lowest BCUT2D eigenvalue weighted by Crippen LogP contribution is -2.44. The Bertz CT molecular complexity index is 1010. The molecule has 1 amide bonds. The van der Waals surface area contributed by atoms with Crippen molar-refractivity contribution in [3.05, 3.63) is 48.3 Å². The maximum absolute atomic E-state index is 12.9. The van der Waals surface area contributed by atoms with Gasteiger partial charge in [-0.25, -0.2) is 9.78 Å². The second kappa shape index (κ2) is 13.9. The molecule has 1 N–H and O–H groups in total. The molecule has 1 aromatic carbocycles. The summed E-state index contributed by atoms with van der Waals surface area (Å²) in [5.74, 6) is -0.771. The van der Waals surface area contributed by atoms with Crippen molar-refractivity contribution in [3.63, 3.8) is 0 Å². The predicted octanol–water partition coefficient (Wildman–Crippen LogP) is 3.53. The minimum absolute atomic E-state index is 0.0260. The molecule has 1 heterocycles. The van der Waals surface area contributed by atoms with E-state index in [2.05, 4.69) is 10.3 Å². The van der Waals surface area contributed by atoms with Crippen molar-refractivity contribution >= 4 is 17.8 Å². The third-order valence-corrected chi connectivity index (χ3v) is 5.03. The average molecular weight is 503 g/mol. The van der Waals surface area contributed by atoms with Crippen LogP contribution in [0.2, 0.25) is 0 Å². The van der Waals surface area contributed by atoms with Crippen LogP contribution in [0.15, 0.2) is 42.6 Å². The Morgan fingerprint density at radius 2 is 1.72 bits per heavy atom. The molecule has 10 heteroatoms. The van der Waals surface area contributed by atoms with Crippen molar-refractivity contribution in [3.8, 4) is 17.2 Å². The molecule has 0 fully saturated rings. The van der Waals surface area contributed by atoms with E-state index in [4.69, 9.17) is 23.7 Å². The Morgan fingerprint density at radius 3 is 2.33 bits per heavy atom. The van der Waals surface area contributed by atoms with Crippen molar-refractivity contribution in [2.75, 3.05) is 13.9 Å². The third kappa shape index (κ3) is 8.75. The molecule has 0 unspecified atom stereocenters. The van der Waals surface area contributed by atoms with E-state index in [9.17, 15) is 14.4 Å². The molecule has 0 spiro atoms. The van der Waals surface area contributed by atoms with Crippen LogP contribution in [0, 0.1) is 5.92 Å². The Kier molecular flexibility index (Phi) is 11.0. The van der Waals surface area contributed by atoms with Gasteiger partial charge in [-0.3, -0.25) is 9.59 Å². The van der Waals surface area contributed by atoms with Gasteiger partial charge in [0.1, 0.15) is 24.0 Å². The second-order valence-electron chi connectivity index (χ2n) is 8.53. The summed E-state index contributed by atoms with van der Waals surface area (Å²) in [7, 11) is 1.39. The predicted molar refractivity (Wildman–Crippen MR) is 131 cm³/mol. The van der Waals surface area contributed by atoms with Crippen molar-refractivity contribution in [2.24, 2.45) is 5.92 Å². The standard InChI is InChI=1S/C26H34N2O8/c1-16(2)14-22(18(4)35-20-10-8-7-9-11-20)36-26(31)17(3)28-25(30)23-24(34-15-33-19(5)29)21(32-6)12-13-27-23/h7-13,16-18,22H,14-15H2,1-6H3,(H,28,30)/t17-,18+,22+/m0/s1. The van der Waals surface area contributed by atoms with Crippen molar-refractivity contribution < 1.29 is 38.1 Å². The van der Waals surface area contributed by atoms with Crippen LogP contribution in [0.4, 0.5) is 0 Å². The largest absolute Gasteiger partial charge is 0.493 e. The minimum atomic E-state index is -0.995. The molecule has 0 aliphatic heterocycles. The molecular weight excluding hydrogens is 468 g/mol. The number of amides is 1. The highest BCUT2D eigenvalue weighted by Crippen LogP contribution is 2.29. The topological polar surface area (TPSA) is 122 Å². The first kappa shape index (κ1) is 28.4. The zero-order valence-corrected chi connectivity index (χ0v) is 21.5. The molecule has 3 atom stereocenters. The molecule has 10 nitrogen and oxygen atoms in total. The average Bonchev–Trinajstić information content (AvgIpc) is 2.83. The van der Waals surface area contributed by atoms with Crippen LogP contribution < -0.4 is 19.5 Å². The smallest absolute Gasteiger partial charge is 0.328 e. The fourth-order valence-electron chi connectivity index (χ4n) is 3.23. The Balaban J connectivity index is 2.09. The summed E-state index contributed by atoms with van der Waals surface area (Å²) >= 11 is 0. The van der Waals surface area contributed by atoms with Crippen LogP contribution >= 0.6 is 0 Å². The van der Waals surface area contributed by atoms with E-state index in [0.29, 0.717) is 12.2 Å². The summed E-state index contributed by atoms with van der Waals surface area (Å²) in [5, 5.41) is 2.57. The van der Waals surface area contributed by atoms with Gasteiger partial charge in [-0.2, -0.15) is 0 Å². The number of ether oxygens (including phenoxy) is 5. The number of carbonyl (C=O) groups excluding carboxylic acids is 3.